The van der Waals surface area contributed by atoms with Crippen molar-refractivity contribution < 1.29 is 9.53 Å². The van der Waals surface area contributed by atoms with Gasteiger partial charge in [-0.25, -0.2) is 0 Å². The smallest absolute Gasteiger partial charge is 0.255 e. The van der Waals surface area contributed by atoms with Crippen LogP contribution in [0.2, 0.25) is 5.02 Å². The highest BCUT2D eigenvalue weighted by Gasteiger charge is 2.12. The van der Waals surface area contributed by atoms with Crippen LogP contribution >= 0.6 is 11.6 Å². The molecule has 0 fully saturated rings. The van der Waals surface area contributed by atoms with E-state index in [2.05, 4.69) is 20.8 Å². The van der Waals surface area contributed by atoms with Crippen LogP contribution in [-0.2, 0) is 0 Å². The molecule has 0 aliphatic heterocycles. The molecule has 0 spiro atoms. The maximum Gasteiger partial charge on any atom is 0.255 e. The van der Waals surface area contributed by atoms with Crippen molar-refractivity contribution in [2.45, 2.75) is 0 Å². The van der Waals surface area contributed by atoms with E-state index in [1.165, 1.54) is 11.0 Å². The van der Waals surface area contributed by atoms with Crippen molar-refractivity contribution in [1.82, 2.24) is 20.2 Å². The summed E-state index contributed by atoms with van der Waals surface area (Å²) in [5.74, 6) is 0.331. The molecule has 1 N–H and O–H groups in total. The number of halogens is 1. The Hall–Kier alpha value is -2.93. The average Bonchev–Trinajstić information content (AvgIpc) is 3.09. The quantitative estimate of drug-likeness (QED) is 0.795. The van der Waals surface area contributed by atoms with E-state index in [4.69, 9.17) is 16.3 Å². The van der Waals surface area contributed by atoms with Crippen LogP contribution in [0, 0.1) is 0 Å². The van der Waals surface area contributed by atoms with Crippen molar-refractivity contribution in [3.05, 3.63) is 59.4 Å². The second-order valence-electron chi connectivity index (χ2n) is 4.60. The first-order valence-corrected chi connectivity index (χ1v) is 7.03. The van der Waals surface area contributed by atoms with E-state index in [0.29, 0.717) is 27.7 Å². The van der Waals surface area contributed by atoms with E-state index in [9.17, 15) is 4.79 Å². The van der Waals surface area contributed by atoms with E-state index in [1.807, 2.05) is 0 Å². The third kappa shape index (κ3) is 3.29. The number of rotatable bonds is 4. The molecule has 0 radical (unpaired) electrons. The third-order valence-corrected chi connectivity index (χ3v) is 3.41. The molecule has 3 aromatic rings. The highest BCUT2D eigenvalue weighted by Crippen LogP contribution is 2.25. The van der Waals surface area contributed by atoms with Gasteiger partial charge >= 0.3 is 0 Å². The summed E-state index contributed by atoms with van der Waals surface area (Å²) in [6.07, 6.45) is 1.44. The van der Waals surface area contributed by atoms with Gasteiger partial charge in [0.2, 0.25) is 0 Å². The van der Waals surface area contributed by atoms with E-state index < -0.39 is 0 Å². The molecular weight excluding hydrogens is 318 g/mol. The molecule has 8 heteroatoms. The van der Waals surface area contributed by atoms with Crippen LogP contribution in [0.25, 0.3) is 5.69 Å². The number of carbonyl (C=O) groups excluding carboxylic acids is 1. The maximum atomic E-state index is 12.4. The highest BCUT2D eigenvalue weighted by atomic mass is 35.5. The van der Waals surface area contributed by atoms with Gasteiger partial charge in [-0.1, -0.05) is 11.6 Å². The van der Waals surface area contributed by atoms with E-state index >= 15 is 0 Å². The number of hydrogen-bond donors (Lipinski definition) is 1. The van der Waals surface area contributed by atoms with Crippen molar-refractivity contribution in [2.75, 3.05) is 12.4 Å². The summed E-state index contributed by atoms with van der Waals surface area (Å²) in [7, 11) is 1.55. The molecule has 0 atom stereocenters. The van der Waals surface area contributed by atoms with Crippen molar-refractivity contribution in [3.8, 4) is 11.4 Å². The van der Waals surface area contributed by atoms with Crippen LogP contribution in [-0.4, -0.2) is 33.2 Å². The number of benzene rings is 2. The number of tetrazole rings is 1. The first-order valence-electron chi connectivity index (χ1n) is 6.65. The number of amides is 1. The van der Waals surface area contributed by atoms with E-state index in [1.54, 1.807) is 49.6 Å². The van der Waals surface area contributed by atoms with Crippen molar-refractivity contribution in [2.24, 2.45) is 0 Å². The number of nitrogens with one attached hydrogen (secondary N) is 1. The normalized spacial score (nSPS) is 10.3. The van der Waals surface area contributed by atoms with Gasteiger partial charge in [0.25, 0.3) is 5.91 Å². The molecule has 23 heavy (non-hydrogen) atoms. The summed E-state index contributed by atoms with van der Waals surface area (Å²) in [4.78, 5) is 12.4. The zero-order valence-electron chi connectivity index (χ0n) is 12.1. The van der Waals surface area contributed by atoms with Gasteiger partial charge in [-0.15, -0.1) is 5.10 Å². The summed E-state index contributed by atoms with van der Waals surface area (Å²) < 4.78 is 6.66. The predicted octanol–water partition coefficient (Wildman–Crippen LogP) is 2.58. The van der Waals surface area contributed by atoms with Crippen molar-refractivity contribution in [1.29, 1.82) is 0 Å². The molecule has 0 aliphatic carbocycles. The number of anilines is 1. The Morgan fingerprint density at radius 3 is 2.65 bits per heavy atom. The van der Waals surface area contributed by atoms with Gasteiger partial charge in [0.05, 0.1) is 18.5 Å². The summed E-state index contributed by atoms with van der Waals surface area (Å²) in [6.45, 7) is 0. The zero-order chi connectivity index (χ0) is 16.2. The monoisotopic (exact) mass is 329 g/mol. The second-order valence-corrected chi connectivity index (χ2v) is 5.03. The fourth-order valence-corrected chi connectivity index (χ4v) is 2.14. The molecule has 116 valence electrons. The van der Waals surface area contributed by atoms with Gasteiger partial charge in [-0.2, -0.15) is 4.68 Å². The lowest BCUT2D eigenvalue weighted by Gasteiger charge is -2.12. The van der Waals surface area contributed by atoms with Crippen LogP contribution in [0.15, 0.2) is 48.8 Å². The van der Waals surface area contributed by atoms with Crippen LogP contribution in [0.4, 0.5) is 5.69 Å². The molecule has 1 heterocycles. The molecule has 3 rings (SSSR count). The third-order valence-electron chi connectivity index (χ3n) is 3.15. The maximum absolute atomic E-state index is 12.4. The van der Waals surface area contributed by atoms with Crippen LogP contribution in [0.1, 0.15) is 10.4 Å². The molecule has 1 aromatic heterocycles. The lowest BCUT2D eigenvalue weighted by atomic mass is 10.2. The minimum atomic E-state index is -0.274. The fourth-order valence-electron chi connectivity index (χ4n) is 2.01. The summed E-state index contributed by atoms with van der Waals surface area (Å²) >= 11 is 5.84. The largest absolute Gasteiger partial charge is 0.497 e. The molecule has 2 aromatic carbocycles. The Kier molecular flexibility index (Phi) is 4.20. The van der Waals surface area contributed by atoms with E-state index in [0.717, 1.165) is 0 Å². The minimum absolute atomic E-state index is 0.274. The van der Waals surface area contributed by atoms with Gasteiger partial charge in [-0.3, -0.25) is 4.79 Å². The van der Waals surface area contributed by atoms with Crippen LogP contribution in [0.3, 0.4) is 0 Å². The van der Waals surface area contributed by atoms with Gasteiger partial charge in [-0.05, 0) is 46.8 Å². The zero-order valence-corrected chi connectivity index (χ0v) is 12.9. The number of nitrogens with zero attached hydrogens (tertiary/aromatic N) is 4. The van der Waals surface area contributed by atoms with Crippen molar-refractivity contribution in [3.63, 3.8) is 0 Å². The van der Waals surface area contributed by atoms with Gasteiger partial charge in [0.15, 0.2) is 0 Å². The average molecular weight is 330 g/mol. The molecule has 0 saturated carbocycles. The fraction of sp³-hybridized carbons (Fsp3) is 0.0667. The van der Waals surface area contributed by atoms with E-state index in [-0.39, 0.29) is 5.91 Å². The first-order chi connectivity index (χ1) is 11.2. The molecule has 0 aliphatic rings. The van der Waals surface area contributed by atoms with Crippen LogP contribution < -0.4 is 10.1 Å². The molecule has 7 nitrogen and oxygen atoms in total. The lowest BCUT2D eigenvalue weighted by molar-refractivity contribution is 0.102. The minimum Gasteiger partial charge on any atom is -0.497 e. The second kappa shape index (κ2) is 6.45. The first kappa shape index (κ1) is 15.0. The number of aromatic nitrogens is 4. The highest BCUT2D eigenvalue weighted by molar-refractivity contribution is 6.30. The van der Waals surface area contributed by atoms with Crippen molar-refractivity contribution >= 4 is 23.2 Å². The van der Waals surface area contributed by atoms with Gasteiger partial charge < -0.3 is 10.1 Å². The number of carbonyl (C=O) groups is 1. The molecule has 1 amide bonds. The predicted molar refractivity (Wildman–Crippen MR) is 85.1 cm³/mol. The number of methoxy groups -OCH3 is 1. The topological polar surface area (TPSA) is 81.9 Å². The Balaban J connectivity index is 1.94. The molecular formula is C15H12ClN5O2. The summed E-state index contributed by atoms with van der Waals surface area (Å²) in [5, 5.41) is 14.4. The summed E-state index contributed by atoms with van der Waals surface area (Å²) in [6, 6.07) is 11.8. The number of ether oxygens (including phenoxy) is 1. The van der Waals surface area contributed by atoms with Gasteiger partial charge in [0.1, 0.15) is 12.1 Å². The Bertz CT molecular complexity index is 818. The number of hydrogen-bond acceptors (Lipinski definition) is 5. The summed E-state index contributed by atoms with van der Waals surface area (Å²) in [5.41, 5.74) is 1.63. The Morgan fingerprint density at radius 2 is 2.00 bits per heavy atom. The van der Waals surface area contributed by atoms with Crippen LogP contribution in [0.5, 0.6) is 5.75 Å². The standard InChI is InChI=1S/C15H12ClN5O2/c1-23-12-6-7-14(21-9-17-19-20-21)13(8-12)18-15(22)10-2-4-11(16)5-3-10/h2-9H,1H3,(H,18,22). The Morgan fingerprint density at radius 1 is 1.22 bits per heavy atom. The molecule has 0 saturated heterocycles. The van der Waals surface area contributed by atoms with Gasteiger partial charge in [0, 0.05) is 16.7 Å². The lowest BCUT2D eigenvalue weighted by Crippen LogP contribution is -2.14. The SMILES string of the molecule is COc1ccc(-n2cnnn2)c(NC(=O)c2ccc(Cl)cc2)c1. The molecule has 0 bridgehead atoms. The molecule has 0 unspecified atom stereocenters. The Labute approximate surface area is 136 Å².